The summed E-state index contributed by atoms with van der Waals surface area (Å²) in [6.45, 7) is 2.37. The molecule has 0 spiro atoms. The molecule has 1 atom stereocenters. The molecule has 1 aliphatic rings. The lowest BCUT2D eigenvalue weighted by Crippen LogP contribution is -2.43. The highest BCUT2D eigenvalue weighted by Gasteiger charge is 2.35. The van der Waals surface area contributed by atoms with Gasteiger partial charge in [0.05, 0.1) is 4.88 Å². The Morgan fingerprint density at radius 3 is 2.91 bits per heavy atom. The second kappa shape index (κ2) is 6.50. The number of halogens is 1. The third-order valence-electron chi connectivity index (χ3n) is 4.01. The van der Waals surface area contributed by atoms with Crippen LogP contribution in [0.2, 0.25) is 0 Å². The highest BCUT2D eigenvalue weighted by atomic mass is 32.1. The van der Waals surface area contributed by atoms with E-state index in [1.54, 1.807) is 24.0 Å². The molecule has 6 heteroatoms. The minimum Gasteiger partial charge on any atom is -0.326 e. The molecule has 2 amide bonds. The van der Waals surface area contributed by atoms with Gasteiger partial charge in [-0.2, -0.15) is 0 Å². The molecule has 120 valence electrons. The van der Waals surface area contributed by atoms with E-state index in [-0.39, 0.29) is 11.8 Å². The highest BCUT2D eigenvalue weighted by molar-refractivity contribution is 7.12. The van der Waals surface area contributed by atoms with E-state index in [4.69, 9.17) is 0 Å². The van der Waals surface area contributed by atoms with Crippen LogP contribution in [0, 0.1) is 12.7 Å². The van der Waals surface area contributed by atoms with Crippen LogP contribution in [-0.2, 0) is 4.79 Å². The maximum Gasteiger partial charge on any atom is 0.264 e. The Morgan fingerprint density at radius 1 is 1.35 bits per heavy atom. The fourth-order valence-electron chi connectivity index (χ4n) is 2.77. The van der Waals surface area contributed by atoms with Gasteiger partial charge in [0, 0.05) is 12.2 Å². The molecule has 3 rings (SSSR count). The van der Waals surface area contributed by atoms with Crippen LogP contribution in [0.5, 0.6) is 0 Å². The van der Waals surface area contributed by atoms with Crippen LogP contribution in [0.3, 0.4) is 0 Å². The topological polar surface area (TPSA) is 49.4 Å². The van der Waals surface area contributed by atoms with Crippen LogP contribution < -0.4 is 5.32 Å². The largest absolute Gasteiger partial charge is 0.326 e. The van der Waals surface area contributed by atoms with Crippen molar-refractivity contribution in [3.63, 3.8) is 0 Å². The van der Waals surface area contributed by atoms with Gasteiger partial charge in [0.15, 0.2) is 0 Å². The number of amides is 2. The van der Waals surface area contributed by atoms with Crippen LogP contribution >= 0.6 is 11.3 Å². The predicted molar refractivity (Wildman–Crippen MR) is 88.1 cm³/mol. The van der Waals surface area contributed by atoms with Gasteiger partial charge in [0.2, 0.25) is 5.91 Å². The van der Waals surface area contributed by atoms with Gasteiger partial charge in [-0.15, -0.1) is 11.3 Å². The normalized spacial score (nSPS) is 17.3. The van der Waals surface area contributed by atoms with Crippen molar-refractivity contribution in [1.29, 1.82) is 0 Å². The van der Waals surface area contributed by atoms with E-state index < -0.39 is 11.9 Å². The number of benzene rings is 1. The highest BCUT2D eigenvalue weighted by Crippen LogP contribution is 2.24. The quantitative estimate of drug-likeness (QED) is 0.936. The third-order valence-corrected chi connectivity index (χ3v) is 4.86. The smallest absolute Gasteiger partial charge is 0.264 e. The summed E-state index contributed by atoms with van der Waals surface area (Å²) in [4.78, 5) is 27.3. The van der Waals surface area contributed by atoms with Crippen molar-refractivity contribution in [2.75, 3.05) is 11.9 Å². The number of hydrogen-bond donors (Lipinski definition) is 1. The Hall–Kier alpha value is -2.21. The number of thiophene rings is 1. The lowest BCUT2D eigenvalue weighted by Gasteiger charge is -2.23. The van der Waals surface area contributed by atoms with Crippen LogP contribution in [0.25, 0.3) is 0 Å². The van der Waals surface area contributed by atoms with Gasteiger partial charge in [0.25, 0.3) is 5.91 Å². The van der Waals surface area contributed by atoms with Gasteiger partial charge >= 0.3 is 0 Å². The molecule has 0 unspecified atom stereocenters. The second-order valence-corrected chi connectivity index (χ2v) is 6.53. The Bertz CT molecular complexity index is 730. The summed E-state index contributed by atoms with van der Waals surface area (Å²) in [5.74, 6) is -0.779. The lowest BCUT2D eigenvalue weighted by atomic mass is 10.1. The number of nitrogens with one attached hydrogen (secondary N) is 1. The average molecular weight is 332 g/mol. The maximum absolute atomic E-state index is 13.4. The molecule has 1 N–H and O–H groups in total. The van der Waals surface area contributed by atoms with Crippen molar-refractivity contribution < 1.29 is 14.0 Å². The van der Waals surface area contributed by atoms with E-state index in [1.807, 2.05) is 11.4 Å². The molecular formula is C17H17FN2O2S. The van der Waals surface area contributed by atoms with E-state index in [9.17, 15) is 14.0 Å². The van der Waals surface area contributed by atoms with E-state index in [0.717, 1.165) is 12.0 Å². The molecule has 1 fully saturated rings. The minimum absolute atomic E-state index is 0.117. The monoisotopic (exact) mass is 332 g/mol. The lowest BCUT2D eigenvalue weighted by molar-refractivity contribution is -0.119. The predicted octanol–water partition coefficient (Wildman–Crippen LogP) is 3.44. The average Bonchev–Trinajstić information content (AvgIpc) is 3.20. The van der Waals surface area contributed by atoms with Gasteiger partial charge in [-0.25, -0.2) is 4.39 Å². The van der Waals surface area contributed by atoms with E-state index in [1.165, 1.54) is 23.5 Å². The van der Waals surface area contributed by atoms with Gasteiger partial charge in [-0.3, -0.25) is 9.59 Å². The number of aryl methyl sites for hydroxylation is 1. The van der Waals surface area contributed by atoms with Crippen molar-refractivity contribution in [3.8, 4) is 0 Å². The number of carbonyl (C=O) groups excluding carboxylic acids is 2. The Labute approximate surface area is 137 Å². The zero-order chi connectivity index (χ0) is 16.4. The summed E-state index contributed by atoms with van der Waals surface area (Å²) >= 11 is 1.37. The second-order valence-electron chi connectivity index (χ2n) is 5.58. The summed E-state index contributed by atoms with van der Waals surface area (Å²) in [5.41, 5.74) is 1.24. The molecule has 2 heterocycles. The molecule has 2 aromatic rings. The van der Waals surface area contributed by atoms with Crippen molar-refractivity contribution >= 4 is 28.8 Å². The van der Waals surface area contributed by atoms with Crippen molar-refractivity contribution in [2.45, 2.75) is 25.8 Å². The standard InChI is InChI=1S/C17H17FN2O2S/c1-11-6-7-12(18)10-13(11)19-16(21)14-4-2-8-20(14)17(22)15-5-3-9-23-15/h3,5-7,9-10,14H,2,4,8H2,1H3,(H,19,21)/t14-/m0/s1. The molecule has 1 aromatic carbocycles. The molecule has 0 saturated carbocycles. The molecule has 1 aliphatic heterocycles. The fraction of sp³-hybridized carbons (Fsp3) is 0.294. The molecule has 0 bridgehead atoms. The molecule has 0 aliphatic carbocycles. The SMILES string of the molecule is Cc1ccc(F)cc1NC(=O)[C@@H]1CCCN1C(=O)c1cccs1. The number of nitrogens with zero attached hydrogens (tertiary/aromatic N) is 1. The zero-order valence-electron chi connectivity index (χ0n) is 12.7. The van der Waals surface area contributed by atoms with Crippen molar-refractivity contribution in [3.05, 3.63) is 52.0 Å². The first-order valence-electron chi connectivity index (χ1n) is 7.48. The molecule has 0 radical (unpaired) electrons. The maximum atomic E-state index is 13.4. The number of likely N-dealkylation sites (tertiary alicyclic amines) is 1. The first-order valence-corrected chi connectivity index (χ1v) is 8.36. The van der Waals surface area contributed by atoms with Crippen LogP contribution in [0.15, 0.2) is 35.7 Å². The number of hydrogen-bond acceptors (Lipinski definition) is 3. The van der Waals surface area contributed by atoms with Gasteiger partial charge < -0.3 is 10.2 Å². The van der Waals surface area contributed by atoms with Gasteiger partial charge in [-0.05, 0) is 48.9 Å². The van der Waals surface area contributed by atoms with E-state index >= 15 is 0 Å². The zero-order valence-corrected chi connectivity index (χ0v) is 13.5. The molecule has 23 heavy (non-hydrogen) atoms. The molecule has 1 aromatic heterocycles. The summed E-state index contributed by atoms with van der Waals surface area (Å²) in [6.07, 6.45) is 1.41. The Morgan fingerprint density at radius 2 is 2.17 bits per heavy atom. The number of rotatable bonds is 3. The van der Waals surface area contributed by atoms with Crippen LogP contribution in [0.1, 0.15) is 28.1 Å². The molecular weight excluding hydrogens is 315 g/mol. The Kier molecular flexibility index (Phi) is 4.43. The van der Waals surface area contributed by atoms with Crippen LogP contribution in [0.4, 0.5) is 10.1 Å². The van der Waals surface area contributed by atoms with Crippen LogP contribution in [-0.4, -0.2) is 29.3 Å². The first-order chi connectivity index (χ1) is 11.1. The van der Waals surface area contributed by atoms with Gasteiger partial charge in [-0.1, -0.05) is 12.1 Å². The van der Waals surface area contributed by atoms with E-state index in [0.29, 0.717) is 23.5 Å². The number of carbonyl (C=O) groups is 2. The molecule has 1 saturated heterocycles. The summed E-state index contributed by atoms with van der Waals surface area (Å²) < 4.78 is 13.4. The Balaban J connectivity index is 1.76. The summed E-state index contributed by atoms with van der Waals surface area (Å²) in [7, 11) is 0. The molecule has 4 nitrogen and oxygen atoms in total. The minimum atomic E-state index is -0.507. The van der Waals surface area contributed by atoms with E-state index in [2.05, 4.69) is 5.32 Å². The van der Waals surface area contributed by atoms with Crippen molar-refractivity contribution in [2.24, 2.45) is 0 Å². The van der Waals surface area contributed by atoms with Gasteiger partial charge in [0.1, 0.15) is 11.9 Å². The summed E-state index contributed by atoms with van der Waals surface area (Å²) in [6, 6.07) is 7.35. The third kappa shape index (κ3) is 3.27. The summed E-state index contributed by atoms with van der Waals surface area (Å²) in [5, 5.41) is 4.60. The number of anilines is 1. The van der Waals surface area contributed by atoms with Crippen molar-refractivity contribution in [1.82, 2.24) is 4.90 Å². The first kappa shape index (κ1) is 15.7. The fourth-order valence-corrected chi connectivity index (χ4v) is 3.45.